The van der Waals surface area contributed by atoms with Crippen LogP contribution in [0.25, 0.3) is 5.78 Å². The second-order valence-corrected chi connectivity index (χ2v) is 5.76. The lowest BCUT2D eigenvalue weighted by atomic mass is 10.2. The van der Waals surface area contributed by atoms with Crippen LogP contribution in [0.4, 0.5) is 19.0 Å². The number of hydrogen-bond donors (Lipinski definition) is 0. The summed E-state index contributed by atoms with van der Waals surface area (Å²) in [5.41, 5.74) is 1.56. The number of nitrogens with zero attached hydrogens (tertiary/aromatic N) is 5. The van der Waals surface area contributed by atoms with Gasteiger partial charge in [-0.05, 0) is 31.5 Å². The van der Waals surface area contributed by atoms with Crippen LogP contribution in [0.15, 0.2) is 30.3 Å². The van der Waals surface area contributed by atoms with E-state index in [9.17, 15) is 13.2 Å². The van der Waals surface area contributed by atoms with Gasteiger partial charge in [-0.1, -0.05) is 12.1 Å². The van der Waals surface area contributed by atoms with E-state index in [-0.39, 0.29) is 5.78 Å². The molecule has 0 N–H and O–H groups in total. The van der Waals surface area contributed by atoms with Crippen molar-refractivity contribution in [2.24, 2.45) is 0 Å². The highest BCUT2D eigenvalue weighted by molar-refractivity contribution is 5.48. The third-order valence-corrected chi connectivity index (χ3v) is 3.91. The minimum absolute atomic E-state index is 0.0690. The first kappa shape index (κ1) is 18.0. The van der Waals surface area contributed by atoms with E-state index in [0.717, 1.165) is 15.8 Å². The van der Waals surface area contributed by atoms with Gasteiger partial charge in [0, 0.05) is 24.8 Å². The Morgan fingerprint density at radius 2 is 1.85 bits per heavy atom. The summed E-state index contributed by atoms with van der Waals surface area (Å²) in [7, 11) is 1.59. The molecule has 2 heterocycles. The molecule has 0 atom stereocenters. The van der Waals surface area contributed by atoms with E-state index in [1.54, 1.807) is 20.1 Å². The molecular weight excluding hydrogens is 347 g/mol. The van der Waals surface area contributed by atoms with E-state index >= 15 is 0 Å². The van der Waals surface area contributed by atoms with Gasteiger partial charge in [0.2, 0.25) is 0 Å². The second kappa shape index (κ2) is 6.81. The lowest BCUT2D eigenvalue weighted by molar-refractivity contribution is -0.144. The number of ether oxygens (including phenoxy) is 1. The van der Waals surface area contributed by atoms with Crippen molar-refractivity contribution in [3.63, 3.8) is 0 Å². The number of rotatable bonds is 5. The van der Waals surface area contributed by atoms with E-state index in [2.05, 4.69) is 15.1 Å². The van der Waals surface area contributed by atoms with Crippen LogP contribution in [0.1, 0.15) is 24.0 Å². The minimum atomic E-state index is -4.62. The summed E-state index contributed by atoms with van der Waals surface area (Å²) < 4.78 is 45.2. The van der Waals surface area contributed by atoms with Crippen molar-refractivity contribution >= 4 is 11.6 Å². The number of fused-ring (bicyclic) bond motifs is 1. The molecule has 0 fully saturated rings. The van der Waals surface area contributed by atoms with Gasteiger partial charge >= 0.3 is 6.18 Å². The predicted molar refractivity (Wildman–Crippen MR) is 90.2 cm³/mol. The first-order valence-corrected chi connectivity index (χ1v) is 8.01. The van der Waals surface area contributed by atoms with E-state index < -0.39 is 12.0 Å². The SMILES string of the molecule is CCN(Cc1ccc(OC)cc1)c1cc(C)nc2nc(C(F)(F)F)nn12. The molecule has 0 amide bonds. The number of benzene rings is 1. The van der Waals surface area contributed by atoms with Crippen molar-refractivity contribution in [3.8, 4) is 5.75 Å². The summed E-state index contributed by atoms with van der Waals surface area (Å²) in [6, 6.07) is 9.21. The molecule has 0 saturated carbocycles. The average Bonchev–Trinajstić information content (AvgIpc) is 3.04. The van der Waals surface area contributed by atoms with Crippen LogP contribution in [-0.2, 0) is 12.7 Å². The Morgan fingerprint density at radius 3 is 2.42 bits per heavy atom. The maximum atomic E-state index is 13.0. The Morgan fingerprint density at radius 1 is 1.15 bits per heavy atom. The van der Waals surface area contributed by atoms with Crippen molar-refractivity contribution in [2.75, 3.05) is 18.6 Å². The summed E-state index contributed by atoms with van der Waals surface area (Å²) >= 11 is 0. The highest BCUT2D eigenvalue weighted by Gasteiger charge is 2.37. The van der Waals surface area contributed by atoms with Crippen molar-refractivity contribution in [2.45, 2.75) is 26.6 Å². The summed E-state index contributed by atoms with van der Waals surface area (Å²) in [6.45, 7) is 4.71. The van der Waals surface area contributed by atoms with E-state index in [4.69, 9.17) is 4.74 Å². The van der Waals surface area contributed by atoms with E-state index in [1.807, 2.05) is 36.1 Å². The standard InChI is InChI=1S/C17H18F3N5O/c1-4-24(10-12-5-7-13(26-3)8-6-12)14-9-11(2)21-16-22-15(17(18,19)20)23-25(14)16/h5-9H,4,10H2,1-3H3. The number of anilines is 1. The maximum Gasteiger partial charge on any atom is 0.453 e. The third-order valence-electron chi connectivity index (χ3n) is 3.91. The van der Waals surface area contributed by atoms with Gasteiger partial charge in [0.25, 0.3) is 11.6 Å². The van der Waals surface area contributed by atoms with Crippen LogP contribution >= 0.6 is 0 Å². The van der Waals surface area contributed by atoms with Crippen molar-refractivity contribution < 1.29 is 17.9 Å². The fourth-order valence-electron chi connectivity index (χ4n) is 2.62. The van der Waals surface area contributed by atoms with Gasteiger partial charge < -0.3 is 9.64 Å². The molecule has 2 aromatic heterocycles. The van der Waals surface area contributed by atoms with Crippen molar-refractivity contribution in [3.05, 3.63) is 47.4 Å². The fourth-order valence-corrected chi connectivity index (χ4v) is 2.62. The zero-order valence-electron chi connectivity index (χ0n) is 14.6. The van der Waals surface area contributed by atoms with Crippen molar-refractivity contribution in [1.82, 2.24) is 19.6 Å². The molecule has 3 aromatic rings. The molecule has 9 heteroatoms. The zero-order chi connectivity index (χ0) is 18.9. The molecular formula is C17H18F3N5O. The monoisotopic (exact) mass is 365 g/mol. The smallest absolute Gasteiger partial charge is 0.453 e. The Hall–Kier alpha value is -2.84. The molecule has 0 spiro atoms. The highest BCUT2D eigenvalue weighted by atomic mass is 19.4. The van der Waals surface area contributed by atoms with Gasteiger partial charge in [-0.15, -0.1) is 5.10 Å². The zero-order valence-corrected chi connectivity index (χ0v) is 14.6. The molecule has 0 unspecified atom stereocenters. The molecule has 0 radical (unpaired) electrons. The Bertz CT molecular complexity index is 905. The number of aryl methyl sites for hydroxylation is 1. The molecule has 1 aromatic carbocycles. The summed E-state index contributed by atoms with van der Waals surface area (Å²) in [5, 5.41) is 3.62. The van der Waals surface area contributed by atoms with Gasteiger partial charge in [0.15, 0.2) is 0 Å². The molecule has 6 nitrogen and oxygen atoms in total. The first-order valence-electron chi connectivity index (χ1n) is 8.01. The van der Waals surface area contributed by atoms with E-state index in [0.29, 0.717) is 24.6 Å². The molecule has 0 aliphatic carbocycles. The lowest BCUT2D eigenvalue weighted by Gasteiger charge is -2.23. The normalized spacial score (nSPS) is 11.8. The number of alkyl halides is 3. The molecule has 0 aliphatic heterocycles. The lowest BCUT2D eigenvalue weighted by Crippen LogP contribution is -2.25. The number of aromatic nitrogens is 4. The fraction of sp³-hybridized carbons (Fsp3) is 0.353. The van der Waals surface area contributed by atoms with Crippen LogP contribution in [0, 0.1) is 6.92 Å². The van der Waals surface area contributed by atoms with Crippen LogP contribution in [0.3, 0.4) is 0 Å². The quantitative estimate of drug-likeness (QED) is 0.693. The highest BCUT2D eigenvalue weighted by Crippen LogP contribution is 2.28. The molecule has 0 aliphatic rings. The second-order valence-electron chi connectivity index (χ2n) is 5.76. The Kier molecular flexibility index (Phi) is 4.71. The van der Waals surface area contributed by atoms with Crippen LogP contribution in [0.5, 0.6) is 5.75 Å². The van der Waals surface area contributed by atoms with Crippen LogP contribution in [0.2, 0.25) is 0 Å². The number of methoxy groups -OCH3 is 1. The van der Waals surface area contributed by atoms with Gasteiger partial charge in [-0.25, -0.2) is 4.98 Å². The van der Waals surface area contributed by atoms with Crippen LogP contribution in [-0.4, -0.2) is 33.2 Å². The average molecular weight is 365 g/mol. The van der Waals surface area contributed by atoms with Crippen LogP contribution < -0.4 is 9.64 Å². The first-order chi connectivity index (χ1) is 12.3. The summed E-state index contributed by atoms with van der Waals surface area (Å²) in [4.78, 5) is 9.50. The molecule has 0 saturated heterocycles. The number of halogens is 3. The molecule has 26 heavy (non-hydrogen) atoms. The summed E-state index contributed by atoms with van der Waals surface area (Å²) in [6.07, 6.45) is -4.62. The van der Waals surface area contributed by atoms with Gasteiger partial charge in [-0.3, -0.25) is 0 Å². The minimum Gasteiger partial charge on any atom is -0.497 e. The number of hydrogen-bond acceptors (Lipinski definition) is 5. The maximum absolute atomic E-state index is 13.0. The van der Waals surface area contributed by atoms with E-state index in [1.165, 1.54) is 0 Å². The molecule has 0 bridgehead atoms. The Labute approximate surface area is 148 Å². The van der Waals surface area contributed by atoms with Gasteiger partial charge in [0.1, 0.15) is 11.6 Å². The summed E-state index contributed by atoms with van der Waals surface area (Å²) in [5.74, 6) is -0.0169. The van der Waals surface area contributed by atoms with Gasteiger partial charge in [0.05, 0.1) is 7.11 Å². The largest absolute Gasteiger partial charge is 0.497 e. The predicted octanol–water partition coefficient (Wildman–Crippen LogP) is 3.49. The van der Waals surface area contributed by atoms with Gasteiger partial charge in [-0.2, -0.15) is 22.7 Å². The molecule has 138 valence electrons. The topological polar surface area (TPSA) is 55.5 Å². The Balaban J connectivity index is 2.01. The molecule has 3 rings (SSSR count). The van der Waals surface area contributed by atoms with Crippen molar-refractivity contribution in [1.29, 1.82) is 0 Å². The third kappa shape index (κ3) is 3.56.